The lowest BCUT2D eigenvalue weighted by molar-refractivity contribution is 0.0456. The molecular weight excluding hydrogens is 306 g/mol. The van der Waals surface area contributed by atoms with Gasteiger partial charge in [0.05, 0.1) is 10.6 Å². The highest BCUT2D eigenvalue weighted by molar-refractivity contribution is 6.33. The number of tetrazole rings is 1. The Morgan fingerprint density at radius 3 is 2.81 bits per heavy atom. The van der Waals surface area contributed by atoms with E-state index in [0.717, 1.165) is 6.42 Å². The SMILES string of the molecule is CCCn1nnnc1COC(=O)c1cc(F)c(F)cc1Cl. The molecule has 1 heterocycles. The molecule has 6 nitrogen and oxygen atoms in total. The van der Waals surface area contributed by atoms with E-state index in [1.807, 2.05) is 6.92 Å². The van der Waals surface area contributed by atoms with Gasteiger partial charge in [-0.25, -0.2) is 18.3 Å². The molecule has 2 aromatic rings. The predicted molar refractivity (Wildman–Crippen MR) is 68.6 cm³/mol. The minimum atomic E-state index is -1.18. The van der Waals surface area contributed by atoms with Crippen LogP contribution in [0, 0.1) is 11.6 Å². The topological polar surface area (TPSA) is 69.9 Å². The van der Waals surface area contributed by atoms with Crippen LogP contribution in [0.5, 0.6) is 0 Å². The van der Waals surface area contributed by atoms with E-state index in [1.165, 1.54) is 4.68 Å². The number of halogens is 3. The molecule has 0 amide bonds. The third kappa shape index (κ3) is 3.52. The Morgan fingerprint density at radius 1 is 1.38 bits per heavy atom. The Labute approximate surface area is 123 Å². The van der Waals surface area contributed by atoms with Crippen LogP contribution in [-0.2, 0) is 17.9 Å². The van der Waals surface area contributed by atoms with Gasteiger partial charge in [-0.1, -0.05) is 18.5 Å². The maximum atomic E-state index is 13.1. The zero-order valence-corrected chi connectivity index (χ0v) is 11.8. The number of hydrogen-bond acceptors (Lipinski definition) is 5. The van der Waals surface area contributed by atoms with Crippen LogP contribution in [0.4, 0.5) is 8.78 Å². The van der Waals surface area contributed by atoms with Crippen LogP contribution in [0.1, 0.15) is 29.5 Å². The molecule has 21 heavy (non-hydrogen) atoms. The molecule has 1 aromatic carbocycles. The molecular formula is C12H11ClF2N4O2. The van der Waals surface area contributed by atoms with E-state index < -0.39 is 17.6 Å². The molecule has 0 aliphatic rings. The third-order valence-corrected chi connectivity index (χ3v) is 2.92. The van der Waals surface area contributed by atoms with Gasteiger partial charge < -0.3 is 4.74 Å². The van der Waals surface area contributed by atoms with Gasteiger partial charge in [-0.3, -0.25) is 0 Å². The standard InChI is InChI=1S/C12H11ClF2N4O2/c1-2-3-19-11(16-17-18-19)6-21-12(20)7-4-9(14)10(15)5-8(7)13/h4-5H,2-3,6H2,1H3. The zero-order chi connectivity index (χ0) is 15.4. The molecule has 0 bridgehead atoms. The van der Waals surface area contributed by atoms with Crippen molar-refractivity contribution in [2.24, 2.45) is 0 Å². The molecule has 0 spiro atoms. The van der Waals surface area contributed by atoms with Crippen molar-refractivity contribution in [1.82, 2.24) is 20.2 Å². The van der Waals surface area contributed by atoms with Gasteiger partial charge in [-0.15, -0.1) is 5.10 Å². The highest BCUT2D eigenvalue weighted by Crippen LogP contribution is 2.21. The highest BCUT2D eigenvalue weighted by Gasteiger charge is 2.17. The third-order valence-electron chi connectivity index (χ3n) is 2.60. The van der Waals surface area contributed by atoms with Gasteiger partial charge in [0.2, 0.25) is 0 Å². The molecule has 0 fully saturated rings. The van der Waals surface area contributed by atoms with Crippen molar-refractivity contribution < 1.29 is 18.3 Å². The molecule has 9 heteroatoms. The van der Waals surface area contributed by atoms with Gasteiger partial charge in [-0.2, -0.15) is 0 Å². The molecule has 0 saturated carbocycles. The molecule has 1 aromatic heterocycles. The van der Waals surface area contributed by atoms with Crippen LogP contribution in [0.3, 0.4) is 0 Å². The van der Waals surface area contributed by atoms with Crippen molar-refractivity contribution in [1.29, 1.82) is 0 Å². The van der Waals surface area contributed by atoms with Gasteiger partial charge in [0.15, 0.2) is 24.1 Å². The van der Waals surface area contributed by atoms with Crippen molar-refractivity contribution in [3.63, 3.8) is 0 Å². The molecule has 0 N–H and O–H groups in total. The van der Waals surface area contributed by atoms with Crippen LogP contribution < -0.4 is 0 Å². The molecule has 2 rings (SSSR count). The van der Waals surface area contributed by atoms with E-state index in [1.54, 1.807) is 0 Å². The summed E-state index contributed by atoms with van der Waals surface area (Å²) >= 11 is 5.68. The van der Waals surface area contributed by atoms with Crippen LogP contribution >= 0.6 is 11.6 Å². The summed E-state index contributed by atoms with van der Waals surface area (Å²) in [5, 5.41) is 10.7. The predicted octanol–water partition coefficient (Wildman–Crippen LogP) is 2.37. The second-order valence-electron chi connectivity index (χ2n) is 4.14. The zero-order valence-electron chi connectivity index (χ0n) is 11.0. The first-order valence-electron chi connectivity index (χ1n) is 6.09. The average Bonchev–Trinajstić information content (AvgIpc) is 2.88. The summed E-state index contributed by atoms with van der Waals surface area (Å²) in [6, 6.07) is 1.41. The van der Waals surface area contributed by atoms with Gasteiger partial charge in [0.25, 0.3) is 0 Å². The van der Waals surface area contributed by atoms with Crippen LogP contribution in [0.15, 0.2) is 12.1 Å². The highest BCUT2D eigenvalue weighted by atomic mass is 35.5. The van der Waals surface area contributed by atoms with Gasteiger partial charge in [-0.05, 0) is 29.0 Å². The molecule has 0 aliphatic heterocycles. The molecule has 0 aliphatic carbocycles. The largest absolute Gasteiger partial charge is 0.454 e. The van der Waals surface area contributed by atoms with Gasteiger partial charge >= 0.3 is 5.97 Å². The fourth-order valence-electron chi connectivity index (χ4n) is 1.60. The Kier molecular flexibility index (Phi) is 4.79. The van der Waals surface area contributed by atoms with E-state index in [2.05, 4.69) is 15.5 Å². The Morgan fingerprint density at radius 2 is 2.10 bits per heavy atom. The van der Waals surface area contributed by atoms with Gasteiger partial charge in [0.1, 0.15) is 0 Å². The number of benzene rings is 1. The second-order valence-corrected chi connectivity index (χ2v) is 4.55. The second kappa shape index (κ2) is 6.57. The van der Waals surface area contributed by atoms with Gasteiger partial charge in [0, 0.05) is 6.54 Å². The van der Waals surface area contributed by atoms with E-state index >= 15 is 0 Å². The van der Waals surface area contributed by atoms with Crippen LogP contribution in [-0.4, -0.2) is 26.2 Å². The first-order chi connectivity index (χ1) is 10.0. The van der Waals surface area contributed by atoms with E-state index in [-0.39, 0.29) is 17.2 Å². The maximum absolute atomic E-state index is 13.1. The number of aryl methyl sites for hydroxylation is 1. The summed E-state index contributed by atoms with van der Waals surface area (Å²) in [7, 11) is 0. The minimum Gasteiger partial charge on any atom is -0.454 e. The number of carbonyl (C=O) groups excluding carboxylic acids is 1. The number of esters is 1. The van der Waals surface area contributed by atoms with E-state index in [9.17, 15) is 13.6 Å². The molecule has 0 radical (unpaired) electrons. The summed E-state index contributed by atoms with van der Waals surface area (Å²) < 4.78 is 32.5. The molecule has 0 saturated heterocycles. The fraction of sp³-hybridized carbons (Fsp3) is 0.333. The Balaban J connectivity index is 2.08. The lowest BCUT2D eigenvalue weighted by atomic mass is 10.2. The molecule has 0 unspecified atom stereocenters. The normalized spacial score (nSPS) is 10.7. The lowest BCUT2D eigenvalue weighted by Crippen LogP contribution is -2.11. The first-order valence-corrected chi connectivity index (χ1v) is 6.47. The smallest absolute Gasteiger partial charge is 0.340 e. The molecule has 0 atom stereocenters. The van der Waals surface area contributed by atoms with Crippen molar-refractivity contribution in [2.45, 2.75) is 26.5 Å². The Bertz CT molecular complexity index is 663. The Hall–Kier alpha value is -2.09. The molecule has 112 valence electrons. The summed E-state index contributed by atoms with van der Waals surface area (Å²) in [6.45, 7) is 2.32. The average molecular weight is 317 g/mol. The number of carbonyl (C=O) groups is 1. The lowest BCUT2D eigenvalue weighted by Gasteiger charge is -2.07. The van der Waals surface area contributed by atoms with E-state index in [4.69, 9.17) is 16.3 Å². The number of ether oxygens (including phenoxy) is 1. The number of aromatic nitrogens is 4. The first kappa shape index (κ1) is 15.3. The minimum absolute atomic E-state index is 0.193. The van der Waals surface area contributed by atoms with Crippen molar-refractivity contribution in [3.05, 3.63) is 40.2 Å². The number of hydrogen-bond donors (Lipinski definition) is 0. The number of nitrogens with zero attached hydrogens (tertiary/aromatic N) is 4. The van der Waals surface area contributed by atoms with Crippen molar-refractivity contribution in [3.8, 4) is 0 Å². The monoisotopic (exact) mass is 316 g/mol. The summed E-state index contributed by atoms with van der Waals surface area (Å²) in [5.74, 6) is -2.85. The quantitative estimate of drug-likeness (QED) is 0.625. The summed E-state index contributed by atoms with van der Waals surface area (Å²) in [4.78, 5) is 11.8. The van der Waals surface area contributed by atoms with Crippen molar-refractivity contribution >= 4 is 17.6 Å². The van der Waals surface area contributed by atoms with Crippen LogP contribution in [0.2, 0.25) is 5.02 Å². The maximum Gasteiger partial charge on any atom is 0.340 e. The van der Waals surface area contributed by atoms with Crippen molar-refractivity contribution in [2.75, 3.05) is 0 Å². The summed E-state index contributed by atoms with van der Waals surface area (Å²) in [5.41, 5.74) is -0.259. The van der Waals surface area contributed by atoms with E-state index in [0.29, 0.717) is 24.5 Å². The fourth-order valence-corrected chi connectivity index (χ4v) is 1.83. The number of rotatable bonds is 5. The van der Waals surface area contributed by atoms with Crippen LogP contribution in [0.25, 0.3) is 0 Å². The summed E-state index contributed by atoms with van der Waals surface area (Å²) in [6.07, 6.45) is 0.807.